The standard InChI is InChI=1S/C22H27N3O3/c1-23-21(25(2)13-16-6-4-5-7-18(16)26-3)24-14-22(10-11-22)17-8-9-19-20(12-17)28-15-27-19/h4-9,12H,10-11,13-15H2,1-3H3,(H,23,24). The quantitative estimate of drug-likeness (QED) is 0.615. The van der Waals surface area contributed by atoms with E-state index < -0.39 is 0 Å². The molecule has 6 nitrogen and oxygen atoms in total. The molecule has 0 radical (unpaired) electrons. The molecule has 1 aliphatic carbocycles. The molecular weight excluding hydrogens is 354 g/mol. The van der Waals surface area contributed by atoms with E-state index in [0.717, 1.165) is 54.7 Å². The fraction of sp³-hybridized carbons (Fsp3) is 0.409. The normalized spacial score (nSPS) is 16.6. The lowest BCUT2D eigenvalue weighted by molar-refractivity contribution is 0.174. The van der Waals surface area contributed by atoms with Crippen LogP contribution >= 0.6 is 0 Å². The third-order valence-corrected chi connectivity index (χ3v) is 5.60. The number of guanidine groups is 1. The number of nitrogens with one attached hydrogen (secondary N) is 1. The van der Waals surface area contributed by atoms with Crippen molar-refractivity contribution in [3.05, 3.63) is 53.6 Å². The fourth-order valence-corrected chi connectivity index (χ4v) is 3.74. The molecule has 2 aliphatic rings. The first-order valence-electron chi connectivity index (χ1n) is 9.59. The number of nitrogens with zero attached hydrogens (tertiary/aromatic N) is 2. The summed E-state index contributed by atoms with van der Waals surface area (Å²) in [5.74, 6) is 3.45. The minimum absolute atomic E-state index is 0.141. The summed E-state index contributed by atoms with van der Waals surface area (Å²) in [6, 6.07) is 14.4. The maximum absolute atomic E-state index is 5.55. The van der Waals surface area contributed by atoms with E-state index in [0.29, 0.717) is 6.79 Å². The monoisotopic (exact) mass is 381 g/mol. The molecule has 2 aromatic rings. The molecule has 0 spiro atoms. The van der Waals surface area contributed by atoms with Gasteiger partial charge in [0.1, 0.15) is 5.75 Å². The van der Waals surface area contributed by atoms with Crippen molar-refractivity contribution in [2.75, 3.05) is 34.5 Å². The van der Waals surface area contributed by atoms with Gasteiger partial charge in [0.05, 0.1) is 7.11 Å². The van der Waals surface area contributed by atoms with Crippen molar-refractivity contribution in [3.63, 3.8) is 0 Å². The predicted octanol–water partition coefficient (Wildman–Crippen LogP) is 3.16. The van der Waals surface area contributed by atoms with Gasteiger partial charge in [-0.3, -0.25) is 4.99 Å². The number of rotatable bonds is 6. The Morgan fingerprint density at radius 1 is 1.18 bits per heavy atom. The number of methoxy groups -OCH3 is 1. The molecule has 1 saturated carbocycles. The van der Waals surface area contributed by atoms with E-state index in [2.05, 4.69) is 33.4 Å². The van der Waals surface area contributed by atoms with E-state index in [1.165, 1.54) is 5.56 Å². The van der Waals surface area contributed by atoms with E-state index in [1.807, 2.05) is 38.4 Å². The molecule has 1 N–H and O–H groups in total. The van der Waals surface area contributed by atoms with Crippen molar-refractivity contribution in [1.82, 2.24) is 10.2 Å². The second-order valence-corrected chi connectivity index (χ2v) is 7.42. The van der Waals surface area contributed by atoms with Crippen molar-refractivity contribution >= 4 is 5.96 Å². The average Bonchev–Trinajstić information content (AvgIpc) is 3.36. The van der Waals surface area contributed by atoms with Gasteiger partial charge in [-0.2, -0.15) is 0 Å². The Labute approximate surface area is 166 Å². The SMILES string of the molecule is CN=C(NCC1(c2ccc3c(c2)OCO3)CC1)N(C)Cc1ccccc1OC. The van der Waals surface area contributed by atoms with Gasteiger partial charge in [-0.25, -0.2) is 0 Å². The maximum Gasteiger partial charge on any atom is 0.231 e. The van der Waals surface area contributed by atoms with E-state index >= 15 is 0 Å². The first-order chi connectivity index (χ1) is 13.6. The zero-order valence-corrected chi connectivity index (χ0v) is 16.7. The number of ether oxygens (including phenoxy) is 3. The lowest BCUT2D eigenvalue weighted by Gasteiger charge is -2.25. The highest BCUT2D eigenvalue weighted by molar-refractivity contribution is 5.80. The molecule has 0 unspecified atom stereocenters. The van der Waals surface area contributed by atoms with Crippen LogP contribution in [-0.4, -0.2) is 45.4 Å². The van der Waals surface area contributed by atoms with Crippen molar-refractivity contribution in [2.24, 2.45) is 4.99 Å². The summed E-state index contributed by atoms with van der Waals surface area (Å²) < 4.78 is 16.5. The summed E-state index contributed by atoms with van der Waals surface area (Å²) >= 11 is 0. The van der Waals surface area contributed by atoms with Gasteiger partial charge in [-0.1, -0.05) is 24.3 Å². The third-order valence-electron chi connectivity index (χ3n) is 5.60. The van der Waals surface area contributed by atoms with Gasteiger partial charge < -0.3 is 24.4 Å². The third kappa shape index (κ3) is 3.59. The van der Waals surface area contributed by atoms with Crippen molar-refractivity contribution in [3.8, 4) is 17.2 Å². The van der Waals surface area contributed by atoms with Crippen LogP contribution < -0.4 is 19.5 Å². The molecule has 28 heavy (non-hydrogen) atoms. The van der Waals surface area contributed by atoms with Gasteiger partial charge in [0.15, 0.2) is 17.5 Å². The van der Waals surface area contributed by atoms with E-state index in [9.17, 15) is 0 Å². The number of benzene rings is 2. The highest BCUT2D eigenvalue weighted by atomic mass is 16.7. The van der Waals surface area contributed by atoms with Crippen LogP contribution in [0, 0.1) is 0 Å². The molecule has 1 fully saturated rings. The van der Waals surface area contributed by atoms with Crippen molar-refractivity contribution in [2.45, 2.75) is 24.8 Å². The second-order valence-electron chi connectivity index (χ2n) is 7.42. The highest BCUT2D eigenvalue weighted by Gasteiger charge is 2.45. The Balaban J connectivity index is 1.41. The lowest BCUT2D eigenvalue weighted by Crippen LogP contribution is -2.42. The summed E-state index contributed by atoms with van der Waals surface area (Å²) in [5.41, 5.74) is 2.57. The van der Waals surface area contributed by atoms with Crippen LogP contribution in [0.3, 0.4) is 0 Å². The summed E-state index contributed by atoms with van der Waals surface area (Å²) in [5, 5.41) is 3.56. The average molecular weight is 381 g/mol. The van der Waals surface area contributed by atoms with Crippen LogP contribution in [-0.2, 0) is 12.0 Å². The van der Waals surface area contributed by atoms with Gasteiger partial charge in [-0.05, 0) is 36.6 Å². The van der Waals surface area contributed by atoms with Gasteiger partial charge >= 0.3 is 0 Å². The summed E-state index contributed by atoms with van der Waals surface area (Å²) in [4.78, 5) is 6.59. The molecule has 0 atom stereocenters. The molecular formula is C22H27N3O3. The van der Waals surface area contributed by atoms with Crippen LogP contribution in [0.2, 0.25) is 0 Å². The van der Waals surface area contributed by atoms with Crippen molar-refractivity contribution in [1.29, 1.82) is 0 Å². The molecule has 2 aromatic carbocycles. The molecule has 0 saturated heterocycles. The van der Waals surface area contributed by atoms with Crippen LogP contribution in [0.4, 0.5) is 0 Å². The number of hydrogen-bond acceptors (Lipinski definition) is 4. The fourth-order valence-electron chi connectivity index (χ4n) is 3.74. The van der Waals surface area contributed by atoms with Gasteiger partial charge in [0.25, 0.3) is 0 Å². The first-order valence-corrected chi connectivity index (χ1v) is 9.59. The zero-order chi connectivity index (χ0) is 19.6. The Kier molecular flexibility index (Phi) is 5.03. The molecule has 0 aromatic heterocycles. The molecule has 6 heteroatoms. The second kappa shape index (κ2) is 7.62. The summed E-state index contributed by atoms with van der Waals surface area (Å²) in [6.07, 6.45) is 2.32. The summed E-state index contributed by atoms with van der Waals surface area (Å²) in [6.45, 7) is 1.88. The number of hydrogen-bond donors (Lipinski definition) is 1. The minimum Gasteiger partial charge on any atom is -0.496 e. The Morgan fingerprint density at radius 2 is 1.96 bits per heavy atom. The lowest BCUT2D eigenvalue weighted by atomic mass is 9.95. The Morgan fingerprint density at radius 3 is 2.71 bits per heavy atom. The molecule has 4 rings (SSSR count). The largest absolute Gasteiger partial charge is 0.496 e. The van der Waals surface area contributed by atoms with Crippen LogP contribution in [0.15, 0.2) is 47.5 Å². The summed E-state index contributed by atoms with van der Waals surface area (Å²) in [7, 11) is 5.57. The molecule has 0 bridgehead atoms. The van der Waals surface area contributed by atoms with Gasteiger partial charge in [0, 0.05) is 38.2 Å². The minimum atomic E-state index is 0.141. The van der Waals surface area contributed by atoms with E-state index in [-0.39, 0.29) is 5.41 Å². The molecule has 0 amide bonds. The topological polar surface area (TPSA) is 55.3 Å². The van der Waals surface area contributed by atoms with Gasteiger partial charge in [0.2, 0.25) is 6.79 Å². The maximum atomic E-state index is 5.55. The first kappa shape index (κ1) is 18.5. The molecule has 1 aliphatic heterocycles. The predicted molar refractivity (Wildman–Crippen MR) is 109 cm³/mol. The smallest absolute Gasteiger partial charge is 0.231 e. The number of fused-ring (bicyclic) bond motifs is 1. The zero-order valence-electron chi connectivity index (χ0n) is 16.7. The van der Waals surface area contributed by atoms with E-state index in [4.69, 9.17) is 14.2 Å². The van der Waals surface area contributed by atoms with Crippen molar-refractivity contribution < 1.29 is 14.2 Å². The Hall–Kier alpha value is -2.89. The van der Waals surface area contributed by atoms with E-state index in [1.54, 1.807) is 7.11 Å². The van der Waals surface area contributed by atoms with Gasteiger partial charge in [-0.15, -0.1) is 0 Å². The highest BCUT2D eigenvalue weighted by Crippen LogP contribution is 2.49. The number of para-hydroxylation sites is 1. The molecule has 1 heterocycles. The van der Waals surface area contributed by atoms with Crippen LogP contribution in [0.1, 0.15) is 24.0 Å². The Bertz CT molecular complexity index is 877. The number of aliphatic imine (C=N–C) groups is 1. The van der Waals surface area contributed by atoms with Crippen LogP contribution in [0.5, 0.6) is 17.2 Å². The molecule has 148 valence electrons. The van der Waals surface area contributed by atoms with Crippen LogP contribution in [0.25, 0.3) is 0 Å².